The van der Waals surface area contributed by atoms with Crippen LogP contribution < -0.4 is 19.3 Å². The Bertz CT molecular complexity index is 1670. The third-order valence-electron chi connectivity index (χ3n) is 7.15. The van der Waals surface area contributed by atoms with E-state index in [1.54, 1.807) is 48.5 Å². The summed E-state index contributed by atoms with van der Waals surface area (Å²) in [6.07, 6.45) is 5.75. The summed E-state index contributed by atoms with van der Waals surface area (Å²) >= 11 is 0. The third-order valence-corrected chi connectivity index (χ3v) is 7.15. The van der Waals surface area contributed by atoms with Crippen molar-refractivity contribution in [3.05, 3.63) is 131 Å². The van der Waals surface area contributed by atoms with Crippen LogP contribution in [0.5, 0.6) is 23.0 Å². The maximum atomic E-state index is 11.9. The lowest BCUT2D eigenvalue weighted by molar-refractivity contribution is -0.121. The number of ether oxygens (including phenoxy) is 2. The Morgan fingerprint density at radius 2 is 0.837 bits per heavy atom. The summed E-state index contributed by atoms with van der Waals surface area (Å²) in [5.74, 6) is 1.19. The summed E-state index contributed by atoms with van der Waals surface area (Å²) < 4.78 is 12.1. The van der Waals surface area contributed by atoms with Crippen molar-refractivity contribution >= 4 is 35.0 Å². The molecule has 4 aromatic rings. The Hall–Kier alpha value is -5.76. The molecule has 4 amide bonds. The van der Waals surface area contributed by atoms with Crippen LogP contribution in [0.4, 0.5) is 11.4 Å². The van der Waals surface area contributed by atoms with Crippen LogP contribution in [0.3, 0.4) is 0 Å². The second-order valence-corrected chi connectivity index (χ2v) is 10.3. The van der Waals surface area contributed by atoms with E-state index in [4.69, 9.17) is 9.47 Å². The highest BCUT2D eigenvalue weighted by molar-refractivity contribution is 6.28. The zero-order valence-corrected chi connectivity index (χ0v) is 23.4. The molecule has 0 spiro atoms. The Morgan fingerprint density at radius 1 is 0.488 bits per heavy atom. The molecule has 0 saturated carbocycles. The molecule has 0 bridgehead atoms. The van der Waals surface area contributed by atoms with E-state index in [2.05, 4.69) is 12.1 Å². The van der Waals surface area contributed by atoms with E-state index in [9.17, 15) is 19.2 Å². The predicted molar refractivity (Wildman–Crippen MR) is 161 cm³/mol. The quantitative estimate of drug-likeness (QED) is 0.230. The average Bonchev–Trinajstić information content (AvgIpc) is 3.51. The number of hydrogen-bond donors (Lipinski definition) is 0. The first kappa shape index (κ1) is 27.4. The number of benzene rings is 4. The first-order valence-corrected chi connectivity index (χ1v) is 13.6. The van der Waals surface area contributed by atoms with Gasteiger partial charge < -0.3 is 9.47 Å². The van der Waals surface area contributed by atoms with Crippen molar-refractivity contribution in [1.82, 2.24) is 0 Å². The van der Waals surface area contributed by atoms with Crippen LogP contribution in [-0.2, 0) is 25.6 Å². The molecule has 8 heteroatoms. The first-order valence-electron chi connectivity index (χ1n) is 13.6. The van der Waals surface area contributed by atoms with Crippen molar-refractivity contribution in [2.24, 2.45) is 0 Å². The fourth-order valence-electron chi connectivity index (χ4n) is 5.00. The van der Waals surface area contributed by atoms with E-state index in [1.165, 1.54) is 24.3 Å². The van der Waals surface area contributed by atoms with Gasteiger partial charge in [-0.3, -0.25) is 19.2 Å². The van der Waals surface area contributed by atoms with Gasteiger partial charge in [-0.2, -0.15) is 0 Å². The van der Waals surface area contributed by atoms with Crippen LogP contribution in [0.15, 0.2) is 109 Å². The van der Waals surface area contributed by atoms with Crippen LogP contribution in [0.25, 0.3) is 0 Å². The molecule has 212 valence electrons. The van der Waals surface area contributed by atoms with Crippen LogP contribution in [0.1, 0.15) is 22.3 Å². The van der Waals surface area contributed by atoms with Gasteiger partial charge in [0.25, 0.3) is 23.6 Å². The second-order valence-electron chi connectivity index (χ2n) is 10.3. The number of imide groups is 2. The highest BCUT2D eigenvalue weighted by Crippen LogP contribution is 2.31. The molecular weight excluding hydrogens is 544 g/mol. The number of nitrogens with zero attached hydrogens (tertiary/aromatic N) is 2. The molecule has 8 nitrogen and oxygen atoms in total. The van der Waals surface area contributed by atoms with Crippen LogP contribution in [0, 0.1) is 13.8 Å². The molecule has 0 aromatic heterocycles. The van der Waals surface area contributed by atoms with E-state index in [-0.39, 0.29) is 23.6 Å². The number of carbonyl (C=O) groups excluding carboxylic acids is 4. The molecule has 0 unspecified atom stereocenters. The van der Waals surface area contributed by atoms with Crippen molar-refractivity contribution in [2.75, 3.05) is 9.80 Å². The maximum Gasteiger partial charge on any atom is 0.258 e. The van der Waals surface area contributed by atoms with Gasteiger partial charge in [0.15, 0.2) is 0 Å². The zero-order valence-electron chi connectivity index (χ0n) is 23.4. The Kier molecular flexibility index (Phi) is 7.17. The van der Waals surface area contributed by atoms with E-state index >= 15 is 0 Å². The summed E-state index contributed by atoms with van der Waals surface area (Å²) in [7, 11) is 0. The number of aryl methyl sites for hydroxylation is 2. The molecule has 0 atom stereocenters. The number of amides is 4. The molecule has 0 N–H and O–H groups in total. The van der Waals surface area contributed by atoms with Crippen molar-refractivity contribution in [3.63, 3.8) is 0 Å². The van der Waals surface area contributed by atoms with Crippen LogP contribution in [-0.4, -0.2) is 23.6 Å². The summed E-state index contributed by atoms with van der Waals surface area (Å²) in [6, 6.07) is 25.8. The van der Waals surface area contributed by atoms with E-state index in [0.717, 1.165) is 38.5 Å². The molecule has 2 aliphatic heterocycles. The van der Waals surface area contributed by atoms with Crippen LogP contribution in [0.2, 0.25) is 0 Å². The van der Waals surface area contributed by atoms with Gasteiger partial charge in [0.05, 0.1) is 11.4 Å². The van der Waals surface area contributed by atoms with Crippen molar-refractivity contribution in [2.45, 2.75) is 20.3 Å². The van der Waals surface area contributed by atoms with Crippen molar-refractivity contribution in [1.29, 1.82) is 0 Å². The van der Waals surface area contributed by atoms with Gasteiger partial charge in [-0.15, -0.1) is 0 Å². The van der Waals surface area contributed by atoms with E-state index in [0.29, 0.717) is 34.4 Å². The molecule has 43 heavy (non-hydrogen) atoms. The fourth-order valence-corrected chi connectivity index (χ4v) is 5.00. The Balaban J connectivity index is 1.08. The molecule has 0 aliphatic carbocycles. The Morgan fingerprint density at radius 3 is 1.16 bits per heavy atom. The first-order chi connectivity index (χ1) is 20.7. The average molecular weight is 571 g/mol. The molecule has 4 aromatic carbocycles. The summed E-state index contributed by atoms with van der Waals surface area (Å²) in [5.41, 5.74) is 5.20. The highest BCUT2D eigenvalue weighted by atomic mass is 16.5. The van der Waals surface area contributed by atoms with Gasteiger partial charge in [0.2, 0.25) is 0 Å². The van der Waals surface area contributed by atoms with E-state index < -0.39 is 0 Å². The lowest BCUT2D eigenvalue weighted by Crippen LogP contribution is -2.29. The van der Waals surface area contributed by atoms with Gasteiger partial charge in [0, 0.05) is 24.3 Å². The molecule has 2 aliphatic rings. The molecular formula is C35H26N2O6. The number of carbonyl (C=O) groups is 4. The molecule has 0 saturated heterocycles. The van der Waals surface area contributed by atoms with Gasteiger partial charge in [-0.05, 0) is 103 Å². The monoisotopic (exact) mass is 570 g/mol. The minimum Gasteiger partial charge on any atom is -0.457 e. The van der Waals surface area contributed by atoms with E-state index in [1.807, 2.05) is 38.1 Å². The summed E-state index contributed by atoms with van der Waals surface area (Å²) in [4.78, 5) is 49.8. The third kappa shape index (κ3) is 5.71. The van der Waals surface area contributed by atoms with Crippen molar-refractivity contribution < 1.29 is 28.7 Å². The maximum absolute atomic E-state index is 11.9. The number of anilines is 2. The van der Waals surface area contributed by atoms with Gasteiger partial charge in [-0.25, -0.2) is 9.80 Å². The van der Waals surface area contributed by atoms with Gasteiger partial charge in [-0.1, -0.05) is 24.3 Å². The second kappa shape index (κ2) is 11.3. The molecule has 6 rings (SSSR count). The topological polar surface area (TPSA) is 93.2 Å². The van der Waals surface area contributed by atoms with Crippen LogP contribution >= 0.6 is 0 Å². The molecule has 0 radical (unpaired) electrons. The van der Waals surface area contributed by atoms with Gasteiger partial charge >= 0.3 is 0 Å². The molecule has 0 fully saturated rings. The fraction of sp³-hybridized carbons (Fsp3) is 0.0857. The number of rotatable bonds is 8. The van der Waals surface area contributed by atoms with Gasteiger partial charge in [0.1, 0.15) is 23.0 Å². The normalized spacial score (nSPS) is 14.3. The standard InChI is InChI=1S/C35H26N2O6/c1-22-19-24(3-13-30(22)42-28-9-5-26(6-10-28)36-32(38)15-16-33(36)39)21-25-4-14-31(23(2)20-25)43-29-11-7-27(8-12-29)37-34(40)17-18-35(37)41/h3-20H,21H2,1-2H3. The lowest BCUT2D eigenvalue weighted by atomic mass is 10.0. The largest absolute Gasteiger partial charge is 0.457 e. The SMILES string of the molecule is Cc1cc(Cc2ccc(Oc3ccc(N4C(=O)C=CC4=O)cc3)c(C)c2)ccc1Oc1ccc(N2C(=O)C=CC2=O)cc1. The van der Waals surface area contributed by atoms with Crippen molar-refractivity contribution in [3.8, 4) is 23.0 Å². The molecule has 2 heterocycles. The smallest absolute Gasteiger partial charge is 0.258 e. The lowest BCUT2D eigenvalue weighted by Gasteiger charge is -2.15. The summed E-state index contributed by atoms with van der Waals surface area (Å²) in [5, 5.41) is 0. The minimum absolute atomic E-state index is 0.359. The summed E-state index contributed by atoms with van der Waals surface area (Å²) in [6.45, 7) is 3.97. The Labute approximate surface area is 248 Å². The zero-order chi connectivity index (χ0) is 30.1. The predicted octanol–water partition coefficient (Wildman–Crippen LogP) is 6.34. The highest BCUT2D eigenvalue weighted by Gasteiger charge is 2.26. The minimum atomic E-state index is -0.359. The number of hydrogen-bond acceptors (Lipinski definition) is 6.